The van der Waals surface area contributed by atoms with Gasteiger partial charge in [0.05, 0.1) is 24.1 Å². The average Bonchev–Trinajstić information content (AvgIpc) is 2.76. The molecule has 1 amide bonds. The van der Waals surface area contributed by atoms with Gasteiger partial charge >= 0.3 is 0 Å². The number of halogens is 1. The molecule has 0 atom stereocenters. The van der Waals surface area contributed by atoms with Crippen LogP contribution in [-0.2, 0) is 16.1 Å². The molecule has 0 spiro atoms. The van der Waals surface area contributed by atoms with Crippen LogP contribution in [0.15, 0.2) is 12.1 Å². The first kappa shape index (κ1) is 12.8. The molecule has 0 aliphatic carbocycles. The van der Waals surface area contributed by atoms with Crippen LogP contribution < -0.4 is 5.32 Å². The number of ether oxygens (including phenoxy) is 1. The second kappa shape index (κ2) is 6.35. The predicted octanol–water partition coefficient (Wildman–Crippen LogP) is 1.35. The lowest BCUT2D eigenvalue weighted by Gasteiger charge is -2.26. The third-order valence-corrected chi connectivity index (χ3v) is 3.80. The summed E-state index contributed by atoms with van der Waals surface area (Å²) in [5, 5.41) is 3.13. The van der Waals surface area contributed by atoms with Crippen molar-refractivity contribution in [3.05, 3.63) is 21.3 Å². The van der Waals surface area contributed by atoms with Crippen molar-refractivity contribution in [2.24, 2.45) is 0 Å². The summed E-state index contributed by atoms with van der Waals surface area (Å²) in [7, 11) is 0. The summed E-state index contributed by atoms with van der Waals surface area (Å²) in [5.41, 5.74) is 0. The summed E-state index contributed by atoms with van der Waals surface area (Å²) in [4.78, 5) is 14.8. The van der Waals surface area contributed by atoms with E-state index in [0.717, 1.165) is 9.21 Å². The number of carbonyl (C=O) groups is 1. The van der Waals surface area contributed by atoms with Crippen molar-refractivity contribution >= 4 is 28.8 Å². The van der Waals surface area contributed by atoms with Crippen molar-refractivity contribution in [3.8, 4) is 0 Å². The first-order valence-corrected chi connectivity index (χ1v) is 6.75. The van der Waals surface area contributed by atoms with Crippen molar-refractivity contribution < 1.29 is 9.53 Å². The molecule has 1 saturated heterocycles. The van der Waals surface area contributed by atoms with Crippen LogP contribution in [0.3, 0.4) is 0 Å². The van der Waals surface area contributed by atoms with E-state index in [4.69, 9.17) is 16.3 Å². The Bertz CT molecular complexity index is 377. The minimum absolute atomic E-state index is 0.135. The zero-order valence-corrected chi connectivity index (χ0v) is 11.0. The standard InChI is InChI=1S/C11H15ClN2O2S/c12-10-2-1-9(17-10)7-13-8-11(15)14-3-5-16-6-4-14/h1-2,13H,3-8H2. The Hall–Kier alpha value is -0.620. The quantitative estimate of drug-likeness (QED) is 0.901. The summed E-state index contributed by atoms with van der Waals surface area (Å²) >= 11 is 7.36. The first-order chi connectivity index (χ1) is 8.25. The van der Waals surface area contributed by atoms with Crippen LogP contribution >= 0.6 is 22.9 Å². The van der Waals surface area contributed by atoms with Gasteiger partial charge in [0.2, 0.25) is 5.91 Å². The number of amides is 1. The van der Waals surface area contributed by atoms with Gasteiger partial charge < -0.3 is 15.0 Å². The van der Waals surface area contributed by atoms with Gasteiger partial charge in [0.15, 0.2) is 0 Å². The highest BCUT2D eigenvalue weighted by Crippen LogP contribution is 2.20. The van der Waals surface area contributed by atoms with E-state index >= 15 is 0 Å². The maximum Gasteiger partial charge on any atom is 0.236 e. The second-order valence-corrected chi connectivity index (χ2v) is 5.60. The molecule has 17 heavy (non-hydrogen) atoms. The zero-order chi connectivity index (χ0) is 12.1. The number of thiophene rings is 1. The highest BCUT2D eigenvalue weighted by atomic mass is 35.5. The lowest BCUT2D eigenvalue weighted by atomic mass is 10.4. The SMILES string of the molecule is O=C(CNCc1ccc(Cl)s1)N1CCOCC1. The van der Waals surface area contributed by atoms with Crippen LogP contribution in [-0.4, -0.2) is 43.7 Å². The van der Waals surface area contributed by atoms with E-state index < -0.39 is 0 Å². The van der Waals surface area contributed by atoms with Crippen molar-refractivity contribution in [2.45, 2.75) is 6.54 Å². The molecule has 1 aromatic heterocycles. The number of carbonyl (C=O) groups excluding carboxylic acids is 1. The highest BCUT2D eigenvalue weighted by molar-refractivity contribution is 7.16. The predicted molar refractivity (Wildman–Crippen MR) is 68.4 cm³/mol. The summed E-state index contributed by atoms with van der Waals surface area (Å²) in [6.07, 6.45) is 0. The van der Waals surface area contributed by atoms with Crippen molar-refractivity contribution in [3.63, 3.8) is 0 Å². The van der Waals surface area contributed by atoms with Gasteiger partial charge in [0.1, 0.15) is 0 Å². The van der Waals surface area contributed by atoms with E-state index in [9.17, 15) is 4.79 Å². The number of morpholine rings is 1. The minimum atomic E-state index is 0.135. The molecule has 0 aromatic carbocycles. The molecule has 0 unspecified atom stereocenters. The van der Waals surface area contributed by atoms with E-state index in [0.29, 0.717) is 39.4 Å². The zero-order valence-electron chi connectivity index (χ0n) is 9.45. The lowest BCUT2D eigenvalue weighted by Crippen LogP contribution is -2.44. The maximum atomic E-state index is 11.8. The molecule has 2 heterocycles. The van der Waals surface area contributed by atoms with E-state index in [1.54, 1.807) is 0 Å². The van der Waals surface area contributed by atoms with Gasteiger partial charge in [-0.25, -0.2) is 0 Å². The Balaban J connectivity index is 1.69. The summed E-state index contributed by atoms with van der Waals surface area (Å²) in [5.74, 6) is 0.135. The van der Waals surface area contributed by atoms with Gasteiger partial charge in [0, 0.05) is 24.5 Å². The summed E-state index contributed by atoms with van der Waals surface area (Å²) in [6, 6.07) is 3.84. The Morgan fingerprint density at radius 1 is 1.47 bits per heavy atom. The number of hydrogen-bond donors (Lipinski definition) is 1. The molecule has 0 radical (unpaired) electrons. The van der Waals surface area contributed by atoms with Gasteiger partial charge in [-0.1, -0.05) is 11.6 Å². The van der Waals surface area contributed by atoms with Crippen LogP contribution in [0.25, 0.3) is 0 Å². The van der Waals surface area contributed by atoms with E-state index in [1.165, 1.54) is 11.3 Å². The van der Waals surface area contributed by atoms with Crippen molar-refractivity contribution in [1.29, 1.82) is 0 Å². The normalized spacial score (nSPS) is 16.2. The molecule has 1 fully saturated rings. The van der Waals surface area contributed by atoms with E-state index in [-0.39, 0.29) is 5.91 Å². The third-order valence-electron chi connectivity index (χ3n) is 2.57. The lowest BCUT2D eigenvalue weighted by molar-refractivity contribution is -0.134. The van der Waals surface area contributed by atoms with Gasteiger partial charge in [-0.05, 0) is 12.1 Å². The molecular formula is C11H15ClN2O2S. The maximum absolute atomic E-state index is 11.8. The molecule has 0 saturated carbocycles. The fraction of sp³-hybridized carbons (Fsp3) is 0.545. The van der Waals surface area contributed by atoms with E-state index in [1.807, 2.05) is 17.0 Å². The molecule has 2 rings (SSSR count). The third kappa shape index (κ3) is 3.96. The number of nitrogens with one attached hydrogen (secondary N) is 1. The molecule has 94 valence electrons. The minimum Gasteiger partial charge on any atom is -0.378 e. The monoisotopic (exact) mass is 274 g/mol. The fourth-order valence-corrected chi connectivity index (χ4v) is 2.72. The van der Waals surface area contributed by atoms with Crippen molar-refractivity contribution in [2.75, 3.05) is 32.8 Å². The van der Waals surface area contributed by atoms with Gasteiger partial charge in [-0.2, -0.15) is 0 Å². The molecular weight excluding hydrogens is 260 g/mol. The molecule has 1 aliphatic rings. The largest absolute Gasteiger partial charge is 0.378 e. The van der Waals surface area contributed by atoms with Crippen LogP contribution in [0.4, 0.5) is 0 Å². The topological polar surface area (TPSA) is 41.6 Å². The molecule has 1 N–H and O–H groups in total. The van der Waals surface area contributed by atoms with Gasteiger partial charge in [0.25, 0.3) is 0 Å². The Labute approximate surface area is 110 Å². The first-order valence-electron chi connectivity index (χ1n) is 5.56. The average molecular weight is 275 g/mol. The Morgan fingerprint density at radius 3 is 2.88 bits per heavy atom. The van der Waals surface area contributed by atoms with Crippen LogP contribution in [0.2, 0.25) is 4.34 Å². The molecule has 1 aliphatic heterocycles. The number of nitrogens with zero attached hydrogens (tertiary/aromatic N) is 1. The second-order valence-electron chi connectivity index (χ2n) is 3.80. The number of hydrogen-bond acceptors (Lipinski definition) is 4. The Kier molecular flexibility index (Phi) is 4.79. The molecule has 4 nitrogen and oxygen atoms in total. The molecule has 6 heteroatoms. The van der Waals surface area contributed by atoms with Crippen molar-refractivity contribution in [1.82, 2.24) is 10.2 Å². The summed E-state index contributed by atoms with van der Waals surface area (Å²) < 4.78 is 5.98. The molecule has 0 bridgehead atoms. The smallest absolute Gasteiger partial charge is 0.236 e. The Morgan fingerprint density at radius 2 is 2.24 bits per heavy atom. The van der Waals surface area contributed by atoms with E-state index in [2.05, 4.69) is 5.32 Å². The van der Waals surface area contributed by atoms with Crippen LogP contribution in [0.1, 0.15) is 4.88 Å². The molecule has 1 aromatic rings. The number of rotatable bonds is 4. The fourth-order valence-electron chi connectivity index (χ4n) is 1.66. The van der Waals surface area contributed by atoms with Crippen LogP contribution in [0.5, 0.6) is 0 Å². The van der Waals surface area contributed by atoms with Gasteiger partial charge in [-0.15, -0.1) is 11.3 Å². The highest BCUT2D eigenvalue weighted by Gasteiger charge is 2.15. The summed E-state index contributed by atoms with van der Waals surface area (Å²) in [6.45, 7) is 3.75. The van der Waals surface area contributed by atoms with Crippen LogP contribution in [0, 0.1) is 0 Å². The van der Waals surface area contributed by atoms with Gasteiger partial charge in [-0.3, -0.25) is 4.79 Å².